The summed E-state index contributed by atoms with van der Waals surface area (Å²) in [6, 6.07) is 0. The Morgan fingerprint density at radius 2 is 2.27 bits per heavy atom. The molecule has 2 heterocycles. The van der Waals surface area contributed by atoms with E-state index in [9.17, 15) is 9.90 Å². The molecular formula is C16H25N3O3. The normalized spacial score (nSPS) is 21.9. The van der Waals surface area contributed by atoms with Crippen LogP contribution in [-0.2, 0) is 9.53 Å². The van der Waals surface area contributed by atoms with E-state index in [1.54, 1.807) is 13.3 Å². The monoisotopic (exact) mass is 307 g/mol. The van der Waals surface area contributed by atoms with Crippen LogP contribution in [0.1, 0.15) is 37.1 Å². The smallest absolute Gasteiger partial charge is 0.311 e. The molecule has 122 valence electrons. The molecule has 0 radical (unpaired) electrons. The average molecular weight is 307 g/mol. The molecule has 6 heteroatoms. The van der Waals surface area contributed by atoms with E-state index in [0.29, 0.717) is 31.8 Å². The maximum Gasteiger partial charge on any atom is 0.311 e. The highest BCUT2D eigenvalue weighted by molar-refractivity contribution is 5.76. The van der Waals surface area contributed by atoms with Crippen molar-refractivity contribution >= 4 is 11.8 Å². The van der Waals surface area contributed by atoms with E-state index in [0.717, 1.165) is 30.8 Å². The van der Waals surface area contributed by atoms with Gasteiger partial charge in [-0.1, -0.05) is 0 Å². The predicted molar refractivity (Wildman–Crippen MR) is 84.1 cm³/mol. The zero-order valence-corrected chi connectivity index (χ0v) is 13.6. The van der Waals surface area contributed by atoms with Crippen LogP contribution in [-0.4, -0.2) is 47.8 Å². The minimum atomic E-state index is -0.711. The van der Waals surface area contributed by atoms with Crippen molar-refractivity contribution in [3.63, 3.8) is 0 Å². The van der Waals surface area contributed by atoms with Crippen LogP contribution in [0.2, 0.25) is 0 Å². The number of anilines is 1. The number of aliphatic carboxylic acids is 1. The molecule has 0 bridgehead atoms. The molecule has 1 aromatic rings. The van der Waals surface area contributed by atoms with Crippen molar-refractivity contribution in [2.45, 2.75) is 39.5 Å². The summed E-state index contributed by atoms with van der Waals surface area (Å²) in [7, 11) is 1.65. The Morgan fingerprint density at radius 1 is 1.50 bits per heavy atom. The van der Waals surface area contributed by atoms with Crippen molar-refractivity contribution in [1.29, 1.82) is 0 Å². The van der Waals surface area contributed by atoms with E-state index in [2.05, 4.69) is 14.9 Å². The maximum absolute atomic E-state index is 11.9. The molecule has 1 aliphatic heterocycles. The first-order valence-electron chi connectivity index (χ1n) is 7.76. The molecule has 0 spiro atoms. The van der Waals surface area contributed by atoms with Crippen molar-refractivity contribution in [3.05, 3.63) is 17.6 Å². The highest BCUT2D eigenvalue weighted by Crippen LogP contribution is 2.37. The van der Waals surface area contributed by atoms with Gasteiger partial charge in [0.05, 0.1) is 5.41 Å². The van der Waals surface area contributed by atoms with Crippen molar-refractivity contribution < 1.29 is 14.6 Å². The molecule has 1 aromatic heterocycles. The summed E-state index contributed by atoms with van der Waals surface area (Å²) in [5, 5.41) is 9.78. The molecule has 2 rings (SSSR count). The number of rotatable bonds is 6. The standard InChI is InChI=1S/C16H25N3O3/c1-12-10-17-13(2)18-14(12)19-8-4-6-16(11-19,15(20)21)7-5-9-22-3/h10H,4-9,11H2,1-3H3,(H,20,21). The van der Waals surface area contributed by atoms with Crippen molar-refractivity contribution in [3.8, 4) is 0 Å². The van der Waals surface area contributed by atoms with E-state index < -0.39 is 11.4 Å². The molecule has 22 heavy (non-hydrogen) atoms. The Kier molecular flexibility index (Phi) is 5.34. The van der Waals surface area contributed by atoms with Gasteiger partial charge in [0, 0.05) is 38.6 Å². The maximum atomic E-state index is 11.9. The second-order valence-corrected chi connectivity index (χ2v) is 6.13. The second kappa shape index (κ2) is 7.05. The number of nitrogens with zero attached hydrogens (tertiary/aromatic N) is 3. The predicted octanol–water partition coefficient (Wildman–Crippen LogP) is 2.19. The number of ether oxygens (including phenoxy) is 1. The third-order valence-corrected chi connectivity index (χ3v) is 4.40. The average Bonchev–Trinajstić information content (AvgIpc) is 2.50. The highest BCUT2D eigenvalue weighted by atomic mass is 16.5. The molecule has 1 saturated heterocycles. The lowest BCUT2D eigenvalue weighted by molar-refractivity contribution is -0.150. The lowest BCUT2D eigenvalue weighted by Crippen LogP contribution is -2.48. The first-order chi connectivity index (χ1) is 10.5. The minimum Gasteiger partial charge on any atom is -0.481 e. The largest absolute Gasteiger partial charge is 0.481 e. The molecule has 0 saturated carbocycles. The molecule has 1 fully saturated rings. The molecule has 0 aromatic carbocycles. The zero-order valence-electron chi connectivity index (χ0n) is 13.6. The van der Waals surface area contributed by atoms with Crippen LogP contribution in [0.15, 0.2) is 6.20 Å². The Balaban J connectivity index is 2.21. The molecule has 1 atom stereocenters. The van der Waals surface area contributed by atoms with Gasteiger partial charge in [-0.15, -0.1) is 0 Å². The van der Waals surface area contributed by atoms with Crippen molar-refractivity contribution in [2.24, 2.45) is 5.41 Å². The SMILES string of the molecule is COCCCC1(C(=O)O)CCCN(c2nc(C)ncc2C)C1. The topological polar surface area (TPSA) is 75.6 Å². The van der Waals surface area contributed by atoms with Crippen LogP contribution in [0.5, 0.6) is 0 Å². The zero-order chi connectivity index (χ0) is 16.2. The van der Waals surface area contributed by atoms with Crippen LogP contribution in [0, 0.1) is 19.3 Å². The fraction of sp³-hybridized carbons (Fsp3) is 0.688. The summed E-state index contributed by atoms with van der Waals surface area (Å²) in [5.74, 6) is 0.868. The number of carboxylic acids is 1. The van der Waals surface area contributed by atoms with Gasteiger partial charge in [0.15, 0.2) is 0 Å². The van der Waals surface area contributed by atoms with Crippen LogP contribution < -0.4 is 4.90 Å². The van der Waals surface area contributed by atoms with Gasteiger partial charge in [-0.05, 0) is 39.5 Å². The van der Waals surface area contributed by atoms with E-state index in [4.69, 9.17) is 4.74 Å². The fourth-order valence-corrected chi connectivity index (χ4v) is 3.19. The van der Waals surface area contributed by atoms with Crippen LogP contribution in [0.3, 0.4) is 0 Å². The van der Waals surface area contributed by atoms with Gasteiger partial charge < -0.3 is 14.7 Å². The number of carboxylic acid groups (broad SMARTS) is 1. The number of aryl methyl sites for hydroxylation is 2. The quantitative estimate of drug-likeness (QED) is 0.812. The summed E-state index contributed by atoms with van der Waals surface area (Å²) in [4.78, 5) is 22.7. The Bertz CT molecular complexity index is 535. The summed E-state index contributed by atoms with van der Waals surface area (Å²) in [6.07, 6.45) is 4.78. The Labute approximate surface area is 131 Å². The van der Waals surface area contributed by atoms with Gasteiger partial charge in [-0.2, -0.15) is 0 Å². The van der Waals surface area contributed by atoms with Gasteiger partial charge in [-0.25, -0.2) is 9.97 Å². The number of piperidine rings is 1. The van der Waals surface area contributed by atoms with Crippen molar-refractivity contribution in [2.75, 3.05) is 31.7 Å². The molecule has 1 aliphatic rings. The van der Waals surface area contributed by atoms with Crippen molar-refractivity contribution in [1.82, 2.24) is 9.97 Å². The third kappa shape index (κ3) is 3.55. The van der Waals surface area contributed by atoms with Gasteiger partial charge in [0.2, 0.25) is 0 Å². The summed E-state index contributed by atoms with van der Waals surface area (Å²) in [6.45, 7) is 5.77. The Morgan fingerprint density at radius 3 is 2.95 bits per heavy atom. The lowest BCUT2D eigenvalue weighted by Gasteiger charge is -2.41. The van der Waals surface area contributed by atoms with Crippen LogP contribution in [0.25, 0.3) is 0 Å². The van der Waals surface area contributed by atoms with E-state index in [1.165, 1.54) is 0 Å². The molecule has 0 aliphatic carbocycles. The summed E-state index contributed by atoms with van der Waals surface area (Å²) >= 11 is 0. The second-order valence-electron chi connectivity index (χ2n) is 6.13. The number of aromatic nitrogens is 2. The highest BCUT2D eigenvalue weighted by Gasteiger charge is 2.42. The molecule has 1 N–H and O–H groups in total. The third-order valence-electron chi connectivity index (χ3n) is 4.40. The number of carbonyl (C=O) groups is 1. The number of hydrogen-bond acceptors (Lipinski definition) is 5. The molecule has 6 nitrogen and oxygen atoms in total. The Hall–Kier alpha value is -1.69. The van der Waals surface area contributed by atoms with Gasteiger partial charge in [0.25, 0.3) is 0 Å². The van der Waals surface area contributed by atoms with Gasteiger partial charge in [0.1, 0.15) is 11.6 Å². The summed E-state index contributed by atoms with van der Waals surface area (Å²) in [5.41, 5.74) is 0.283. The van der Waals surface area contributed by atoms with Crippen LogP contribution in [0.4, 0.5) is 5.82 Å². The van der Waals surface area contributed by atoms with E-state index >= 15 is 0 Å². The summed E-state index contributed by atoms with van der Waals surface area (Å²) < 4.78 is 5.08. The molecule has 0 amide bonds. The van der Waals surface area contributed by atoms with Crippen LogP contribution >= 0.6 is 0 Å². The lowest BCUT2D eigenvalue weighted by atomic mass is 9.76. The van der Waals surface area contributed by atoms with E-state index in [1.807, 2.05) is 13.8 Å². The van der Waals surface area contributed by atoms with E-state index in [-0.39, 0.29) is 0 Å². The number of methoxy groups -OCH3 is 1. The molecular weight excluding hydrogens is 282 g/mol. The first kappa shape index (κ1) is 16.7. The first-order valence-corrected chi connectivity index (χ1v) is 7.76. The fourth-order valence-electron chi connectivity index (χ4n) is 3.19. The molecule has 1 unspecified atom stereocenters. The number of hydrogen-bond donors (Lipinski definition) is 1. The van der Waals surface area contributed by atoms with Gasteiger partial charge >= 0.3 is 5.97 Å². The minimum absolute atomic E-state index is 0.503. The van der Waals surface area contributed by atoms with Gasteiger partial charge in [-0.3, -0.25) is 4.79 Å².